The van der Waals surface area contributed by atoms with Crippen LogP contribution in [-0.2, 0) is 14.8 Å². The highest BCUT2D eigenvalue weighted by Crippen LogP contribution is 2.25. The number of anilines is 1. The second-order valence-electron chi connectivity index (χ2n) is 8.75. The summed E-state index contributed by atoms with van der Waals surface area (Å²) >= 11 is 0. The Bertz CT molecular complexity index is 1050. The topological polar surface area (TPSA) is 95.6 Å². The monoisotopic (exact) mass is 443 g/mol. The van der Waals surface area contributed by atoms with Crippen LogP contribution in [-0.4, -0.2) is 43.2 Å². The molecule has 0 radical (unpaired) electrons. The molecule has 2 aromatic carbocycles. The molecule has 0 unspecified atom stereocenters. The van der Waals surface area contributed by atoms with Gasteiger partial charge in [-0.05, 0) is 57.9 Å². The van der Waals surface area contributed by atoms with Crippen molar-refractivity contribution in [2.45, 2.75) is 44.0 Å². The number of benzene rings is 2. The molecular weight excluding hydrogens is 414 g/mol. The van der Waals surface area contributed by atoms with Crippen LogP contribution in [0.25, 0.3) is 0 Å². The summed E-state index contributed by atoms with van der Waals surface area (Å²) in [5, 5.41) is 5.73. The SMILES string of the molecule is CC(C)(C)NC(=O)c1ccccc1NC(=O)[C@@H]1CCCN(S(=O)(=O)c2ccccc2)C1. The number of nitrogens with zero attached hydrogens (tertiary/aromatic N) is 1. The standard InChI is InChI=1S/C23H29N3O4S/c1-23(2,3)25-22(28)19-13-7-8-14-20(19)24-21(27)17-10-9-15-26(16-17)31(29,30)18-11-5-4-6-12-18/h4-8,11-14,17H,9-10,15-16H2,1-3H3,(H,24,27)(H,25,28)/t17-/m1/s1. The van der Waals surface area contributed by atoms with Gasteiger partial charge in [0, 0.05) is 18.6 Å². The Hall–Kier alpha value is -2.71. The molecule has 0 aromatic heterocycles. The molecule has 166 valence electrons. The van der Waals surface area contributed by atoms with Gasteiger partial charge in [0.05, 0.1) is 22.1 Å². The molecular formula is C23H29N3O4S. The number of amides is 2. The molecule has 0 bridgehead atoms. The zero-order chi connectivity index (χ0) is 22.6. The number of para-hydroxylation sites is 1. The molecule has 1 fully saturated rings. The average Bonchev–Trinajstić information content (AvgIpc) is 2.73. The third kappa shape index (κ3) is 5.71. The molecule has 2 N–H and O–H groups in total. The molecule has 2 amide bonds. The first-order chi connectivity index (χ1) is 14.6. The van der Waals surface area contributed by atoms with E-state index in [4.69, 9.17) is 0 Å². The lowest BCUT2D eigenvalue weighted by atomic mass is 9.98. The second kappa shape index (κ2) is 9.20. The molecule has 8 heteroatoms. The van der Waals surface area contributed by atoms with Gasteiger partial charge >= 0.3 is 0 Å². The number of hydrogen-bond acceptors (Lipinski definition) is 4. The van der Waals surface area contributed by atoms with Crippen molar-refractivity contribution in [3.05, 3.63) is 60.2 Å². The fourth-order valence-corrected chi connectivity index (χ4v) is 5.09. The lowest BCUT2D eigenvalue weighted by Crippen LogP contribution is -2.44. The molecule has 2 aromatic rings. The van der Waals surface area contributed by atoms with Crippen LogP contribution in [0.3, 0.4) is 0 Å². The van der Waals surface area contributed by atoms with Gasteiger partial charge in [-0.3, -0.25) is 9.59 Å². The lowest BCUT2D eigenvalue weighted by Gasteiger charge is -2.31. The average molecular weight is 444 g/mol. The fourth-order valence-electron chi connectivity index (χ4n) is 3.55. The molecule has 7 nitrogen and oxygen atoms in total. The van der Waals surface area contributed by atoms with Crippen molar-refractivity contribution in [1.82, 2.24) is 9.62 Å². The van der Waals surface area contributed by atoms with Crippen LogP contribution in [0.1, 0.15) is 44.0 Å². The fraction of sp³-hybridized carbons (Fsp3) is 0.391. The predicted molar refractivity (Wildman–Crippen MR) is 120 cm³/mol. The van der Waals surface area contributed by atoms with E-state index in [9.17, 15) is 18.0 Å². The van der Waals surface area contributed by atoms with E-state index in [0.717, 1.165) is 0 Å². The zero-order valence-corrected chi connectivity index (χ0v) is 18.9. The molecule has 1 heterocycles. The maximum absolute atomic E-state index is 13.0. The molecule has 3 rings (SSSR count). The Labute approximate surface area is 183 Å². The summed E-state index contributed by atoms with van der Waals surface area (Å²) in [7, 11) is -3.65. The Morgan fingerprint density at radius 3 is 2.32 bits per heavy atom. The second-order valence-corrected chi connectivity index (χ2v) is 10.7. The summed E-state index contributed by atoms with van der Waals surface area (Å²) in [6.07, 6.45) is 1.18. The Morgan fingerprint density at radius 1 is 1.00 bits per heavy atom. The van der Waals surface area contributed by atoms with Crippen molar-refractivity contribution in [3.63, 3.8) is 0 Å². The summed E-state index contributed by atoms with van der Waals surface area (Å²) < 4.78 is 27.2. The smallest absolute Gasteiger partial charge is 0.253 e. The Balaban J connectivity index is 1.74. The van der Waals surface area contributed by atoms with Gasteiger partial charge in [0.2, 0.25) is 15.9 Å². The number of nitrogens with one attached hydrogen (secondary N) is 2. The number of hydrogen-bond donors (Lipinski definition) is 2. The van der Waals surface area contributed by atoms with Crippen LogP contribution in [0.5, 0.6) is 0 Å². The molecule has 1 saturated heterocycles. The summed E-state index contributed by atoms with van der Waals surface area (Å²) in [6.45, 7) is 6.15. The number of sulfonamides is 1. The van der Waals surface area contributed by atoms with E-state index < -0.39 is 21.5 Å². The number of carbonyl (C=O) groups is 2. The maximum atomic E-state index is 13.0. The Morgan fingerprint density at radius 2 is 1.65 bits per heavy atom. The van der Waals surface area contributed by atoms with Crippen molar-refractivity contribution in [1.29, 1.82) is 0 Å². The third-order valence-corrected chi connectivity index (χ3v) is 6.93. The molecule has 1 aliphatic heterocycles. The maximum Gasteiger partial charge on any atom is 0.253 e. The summed E-state index contributed by atoms with van der Waals surface area (Å²) in [5.41, 5.74) is 0.372. The number of rotatable bonds is 5. The minimum Gasteiger partial charge on any atom is -0.347 e. The van der Waals surface area contributed by atoms with Crippen molar-refractivity contribution < 1.29 is 18.0 Å². The highest BCUT2D eigenvalue weighted by molar-refractivity contribution is 7.89. The van der Waals surface area contributed by atoms with Crippen molar-refractivity contribution in [3.8, 4) is 0 Å². The van der Waals surface area contributed by atoms with E-state index in [2.05, 4.69) is 10.6 Å². The van der Waals surface area contributed by atoms with Gasteiger partial charge in [0.25, 0.3) is 5.91 Å². The predicted octanol–water partition coefficient (Wildman–Crippen LogP) is 3.25. The van der Waals surface area contributed by atoms with Gasteiger partial charge in [0.1, 0.15) is 0 Å². The van der Waals surface area contributed by atoms with Gasteiger partial charge in [-0.15, -0.1) is 0 Å². The summed E-state index contributed by atoms with van der Waals surface area (Å²) in [5.74, 6) is -1.06. The molecule has 0 saturated carbocycles. The van der Waals surface area contributed by atoms with Crippen LogP contribution >= 0.6 is 0 Å². The molecule has 0 spiro atoms. The first-order valence-corrected chi connectivity index (χ1v) is 11.8. The summed E-state index contributed by atoms with van der Waals surface area (Å²) in [6, 6.07) is 15.1. The normalized spacial score (nSPS) is 17.7. The van der Waals surface area contributed by atoms with Gasteiger partial charge in [0.15, 0.2) is 0 Å². The van der Waals surface area contributed by atoms with Gasteiger partial charge < -0.3 is 10.6 Å². The van der Waals surface area contributed by atoms with Crippen LogP contribution in [0.2, 0.25) is 0 Å². The highest BCUT2D eigenvalue weighted by Gasteiger charge is 2.33. The van der Waals surface area contributed by atoms with E-state index in [1.165, 1.54) is 4.31 Å². The first-order valence-electron chi connectivity index (χ1n) is 10.4. The van der Waals surface area contributed by atoms with Crippen molar-refractivity contribution in [2.75, 3.05) is 18.4 Å². The van der Waals surface area contributed by atoms with Crippen LogP contribution in [0, 0.1) is 5.92 Å². The highest BCUT2D eigenvalue weighted by atomic mass is 32.2. The molecule has 31 heavy (non-hydrogen) atoms. The van der Waals surface area contributed by atoms with Crippen molar-refractivity contribution in [2.24, 2.45) is 5.92 Å². The zero-order valence-electron chi connectivity index (χ0n) is 18.1. The number of carbonyl (C=O) groups excluding carboxylic acids is 2. The van der Waals surface area contributed by atoms with E-state index in [1.807, 2.05) is 20.8 Å². The minimum absolute atomic E-state index is 0.111. The molecule has 1 atom stereocenters. The third-order valence-electron chi connectivity index (χ3n) is 5.05. The van der Waals surface area contributed by atoms with E-state index in [0.29, 0.717) is 30.6 Å². The largest absolute Gasteiger partial charge is 0.347 e. The van der Waals surface area contributed by atoms with E-state index in [1.54, 1.807) is 54.6 Å². The number of piperidine rings is 1. The van der Waals surface area contributed by atoms with Crippen LogP contribution < -0.4 is 10.6 Å². The van der Waals surface area contributed by atoms with Gasteiger partial charge in [-0.25, -0.2) is 8.42 Å². The quantitative estimate of drug-likeness (QED) is 0.741. The van der Waals surface area contributed by atoms with Gasteiger partial charge in [-0.2, -0.15) is 4.31 Å². The molecule has 0 aliphatic carbocycles. The van der Waals surface area contributed by atoms with E-state index >= 15 is 0 Å². The Kier molecular flexibility index (Phi) is 6.81. The van der Waals surface area contributed by atoms with Gasteiger partial charge in [-0.1, -0.05) is 30.3 Å². The van der Waals surface area contributed by atoms with Crippen LogP contribution in [0.4, 0.5) is 5.69 Å². The minimum atomic E-state index is -3.65. The summed E-state index contributed by atoms with van der Waals surface area (Å²) in [4.78, 5) is 25.8. The lowest BCUT2D eigenvalue weighted by molar-refractivity contribution is -0.120. The van der Waals surface area contributed by atoms with E-state index in [-0.39, 0.29) is 23.3 Å². The molecule has 1 aliphatic rings. The van der Waals surface area contributed by atoms with Crippen LogP contribution in [0.15, 0.2) is 59.5 Å². The first kappa shape index (κ1) is 23.0. The van der Waals surface area contributed by atoms with Crippen molar-refractivity contribution >= 4 is 27.5 Å².